The predicted molar refractivity (Wildman–Crippen MR) is 151 cm³/mol. The van der Waals surface area contributed by atoms with E-state index in [1.54, 1.807) is 28.4 Å². The minimum absolute atomic E-state index is 0.136. The summed E-state index contributed by atoms with van der Waals surface area (Å²) in [5.74, 6) is 4.86. The van der Waals surface area contributed by atoms with Crippen molar-refractivity contribution in [2.45, 2.75) is 37.3 Å². The van der Waals surface area contributed by atoms with Crippen molar-refractivity contribution >= 4 is 5.91 Å². The molecule has 3 aromatic carbocycles. The third-order valence-electron chi connectivity index (χ3n) is 7.61. The summed E-state index contributed by atoms with van der Waals surface area (Å²) >= 11 is 0. The maximum atomic E-state index is 13.5. The number of ether oxygens (including phenoxy) is 4. The zero-order valence-corrected chi connectivity index (χ0v) is 23.0. The van der Waals surface area contributed by atoms with E-state index in [1.807, 2.05) is 60.7 Å². The number of benzene rings is 3. The lowest BCUT2D eigenvalue weighted by Crippen LogP contribution is -2.56. The van der Waals surface area contributed by atoms with Crippen molar-refractivity contribution in [2.75, 3.05) is 35.0 Å². The zero-order chi connectivity index (χ0) is 28.0. The summed E-state index contributed by atoms with van der Waals surface area (Å²) in [5.41, 5.74) is 9.02. The predicted octanol–water partition coefficient (Wildman–Crippen LogP) is 4.66. The number of hydrogen-bond acceptors (Lipinski definition) is 6. The smallest absolute Gasteiger partial charge is 0.243 e. The molecule has 39 heavy (non-hydrogen) atoms. The molecule has 4 rings (SSSR count). The fourth-order valence-electron chi connectivity index (χ4n) is 5.74. The highest BCUT2D eigenvalue weighted by molar-refractivity contribution is 5.87. The van der Waals surface area contributed by atoms with E-state index in [9.17, 15) is 4.79 Å². The molecule has 1 heterocycles. The van der Waals surface area contributed by atoms with Gasteiger partial charge in [0.2, 0.25) is 5.91 Å². The highest BCUT2D eigenvalue weighted by Crippen LogP contribution is 2.45. The van der Waals surface area contributed by atoms with Gasteiger partial charge in [-0.1, -0.05) is 36.4 Å². The van der Waals surface area contributed by atoms with Gasteiger partial charge in [0.25, 0.3) is 0 Å². The lowest BCUT2D eigenvalue weighted by Gasteiger charge is -2.45. The molecule has 2 N–H and O–H groups in total. The van der Waals surface area contributed by atoms with Gasteiger partial charge < -0.3 is 24.7 Å². The third kappa shape index (κ3) is 5.25. The van der Waals surface area contributed by atoms with E-state index in [1.165, 1.54) is 0 Å². The Bertz CT molecular complexity index is 1350. The molecule has 0 radical (unpaired) electrons. The number of terminal acetylenes is 1. The van der Waals surface area contributed by atoms with Crippen LogP contribution in [0.25, 0.3) is 0 Å². The van der Waals surface area contributed by atoms with Crippen molar-refractivity contribution in [1.29, 1.82) is 0 Å². The summed E-state index contributed by atoms with van der Waals surface area (Å²) in [7, 11) is 6.49. The fourth-order valence-corrected chi connectivity index (χ4v) is 5.74. The van der Waals surface area contributed by atoms with Crippen molar-refractivity contribution in [3.8, 4) is 35.3 Å². The van der Waals surface area contributed by atoms with E-state index in [0.29, 0.717) is 36.0 Å². The largest absolute Gasteiger partial charge is 0.493 e. The van der Waals surface area contributed by atoms with Gasteiger partial charge in [0.1, 0.15) is 5.54 Å². The second kappa shape index (κ2) is 12.1. The summed E-state index contributed by atoms with van der Waals surface area (Å²) in [5, 5.41) is 0. The van der Waals surface area contributed by atoms with Gasteiger partial charge >= 0.3 is 0 Å². The first-order valence-corrected chi connectivity index (χ1v) is 12.9. The van der Waals surface area contributed by atoms with Gasteiger partial charge in [-0.05, 0) is 65.8 Å². The van der Waals surface area contributed by atoms with Crippen LogP contribution in [-0.4, -0.2) is 45.8 Å². The minimum atomic E-state index is -1.22. The van der Waals surface area contributed by atoms with Crippen LogP contribution in [-0.2, 0) is 23.2 Å². The lowest BCUT2D eigenvalue weighted by molar-refractivity contribution is -0.133. The number of rotatable bonds is 10. The first-order valence-electron chi connectivity index (χ1n) is 12.9. The van der Waals surface area contributed by atoms with Crippen LogP contribution in [0.15, 0.2) is 60.7 Å². The third-order valence-corrected chi connectivity index (χ3v) is 7.61. The van der Waals surface area contributed by atoms with Crippen molar-refractivity contribution in [1.82, 2.24) is 4.90 Å². The van der Waals surface area contributed by atoms with Crippen molar-refractivity contribution in [3.63, 3.8) is 0 Å². The zero-order valence-electron chi connectivity index (χ0n) is 23.0. The maximum absolute atomic E-state index is 13.5. The Labute approximate surface area is 230 Å². The number of primary amides is 1. The Morgan fingerprint density at radius 3 is 2.21 bits per heavy atom. The van der Waals surface area contributed by atoms with Gasteiger partial charge in [-0.2, -0.15) is 0 Å². The van der Waals surface area contributed by atoms with Crippen LogP contribution in [0.5, 0.6) is 23.0 Å². The Hall–Kier alpha value is -4.15. The summed E-state index contributed by atoms with van der Waals surface area (Å²) in [6.45, 7) is 0.608. The molecule has 7 heteroatoms. The number of nitrogens with two attached hydrogens (primary N) is 1. The molecular weight excluding hydrogens is 492 g/mol. The second-order valence-electron chi connectivity index (χ2n) is 9.58. The molecule has 7 nitrogen and oxygen atoms in total. The first-order chi connectivity index (χ1) is 18.9. The number of amides is 1. The van der Waals surface area contributed by atoms with E-state index < -0.39 is 11.4 Å². The lowest BCUT2D eigenvalue weighted by atomic mass is 9.81. The molecule has 2 unspecified atom stereocenters. The minimum Gasteiger partial charge on any atom is -0.493 e. The molecule has 204 valence electrons. The van der Waals surface area contributed by atoms with Crippen LogP contribution in [0.4, 0.5) is 0 Å². The summed E-state index contributed by atoms with van der Waals surface area (Å²) in [6, 6.07) is 19.3. The molecule has 0 saturated heterocycles. The summed E-state index contributed by atoms with van der Waals surface area (Å²) in [6.07, 6.45) is 8.23. The standard InChI is InChI=1S/C32H36N2O5/c1-6-16-32(31(33)35,24-12-8-7-9-13-24)34-17-10-11-23-20-29(38-4)30(39-5)21-25(23)26(34)18-22-14-15-27(36-2)28(19-22)37-3/h1,7-9,12-15,19-21,26H,10-11,16-18H2,2-5H3,(H2,33,35). The molecule has 3 aromatic rings. The normalized spacial score (nSPS) is 16.6. The molecule has 0 fully saturated rings. The number of carbonyl (C=O) groups is 1. The molecular formula is C32H36N2O5. The number of methoxy groups -OCH3 is 4. The Balaban J connectivity index is 1.97. The van der Waals surface area contributed by atoms with Crippen molar-refractivity contribution in [2.24, 2.45) is 5.73 Å². The van der Waals surface area contributed by atoms with Crippen LogP contribution in [0.3, 0.4) is 0 Å². The average molecular weight is 529 g/mol. The fraction of sp³-hybridized carbons (Fsp3) is 0.344. The van der Waals surface area contributed by atoms with Gasteiger partial charge in [0.05, 0.1) is 28.4 Å². The van der Waals surface area contributed by atoms with Crippen LogP contribution in [0.2, 0.25) is 0 Å². The first kappa shape index (κ1) is 27.9. The Morgan fingerprint density at radius 1 is 0.949 bits per heavy atom. The number of fused-ring (bicyclic) bond motifs is 1. The number of hydrogen-bond donors (Lipinski definition) is 1. The highest BCUT2D eigenvalue weighted by Gasteiger charge is 2.48. The average Bonchev–Trinajstić information content (AvgIpc) is 3.14. The van der Waals surface area contributed by atoms with E-state index in [2.05, 4.69) is 10.8 Å². The van der Waals surface area contributed by atoms with Crippen LogP contribution < -0.4 is 24.7 Å². The van der Waals surface area contributed by atoms with Gasteiger partial charge in [-0.15, -0.1) is 12.3 Å². The van der Waals surface area contributed by atoms with Gasteiger partial charge in [-0.3, -0.25) is 9.69 Å². The molecule has 0 saturated carbocycles. The maximum Gasteiger partial charge on any atom is 0.243 e. The Kier molecular flexibility index (Phi) is 8.68. The molecule has 1 amide bonds. The molecule has 0 aliphatic carbocycles. The SMILES string of the molecule is C#CCC(C(N)=O)(c1ccccc1)N1CCCc2cc(OC)c(OC)cc2C1Cc1ccc(OC)c(OC)c1. The summed E-state index contributed by atoms with van der Waals surface area (Å²) < 4.78 is 22.4. The highest BCUT2D eigenvalue weighted by atomic mass is 16.5. The molecule has 0 spiro atoms. The van der Waals surface area contributed by atoms with E-state index >= 15 is 0 Å². The Morgan fingerprint density at radius 2 is 1.59 bits per heavy atom. The number of nitrogens with zero attached hydrogens (tertiary/aromatic N) is 1. The van der Waals surface area contributed by atoms with Crippen LogP contribution in [0.1, 0.15) is 41.1 Å². The van der Waals surface area contributed by atoms with Crippen LogP contribution >= 0.6 is 0 Å². The number of aryl methyl sites for hydroxylation is 1. The van der Waals surface area contributed by atoms with Gasteiger partial charge in [0.15, 0.2) is 23.0 Å². The monoisotopic (exact) mass is 528 g/mol. The van der Waals surface area contributed by atoms with E-state index in [4.69, 9.17) is 31.1 Å². The quantitative estimate of drug-likeness (QED) is 0.386. The van der Waals surface area contributed by atoms with Gasteiger partial charge in [0, 0.05) is 19.0 Å². The topological polar surface area (TPSA) is 83.3 Å². The number of carbonyl (C=O) groups excluding carboxylic acids is 1. The van der Waals surface area contributed by atoms with Gasteiger partial charge in [-0.25, -0.2) is 0 Å². The van der Waals surface area contributed by atoms with E-state index in [-0.39, 0.29) is 12.5 Å². The van der Waals surface area contributed by atoms with E-state index in [0.717, 1.165) is 35.1 Å². The summed E-state index contributed by atoms with van der Waals surface area (Å²) in [4.78, 5) is 15.7. The van der Waals surface area contributed by atoms with Crippen molar-refractivity contribution < 1.29 is 23.7 Å². The van der Waals surface area contributed by atoms with Crippen LogP contribution in [0, 0.1) is 12.3 Å². The molecule has 0 bridgehead atoms. The van der Waals surface area contributed by atoms with Crippen molar-refractivity contribution in [3.05, 3.63) is 82.9 Å². The molecule has 1 aliphatic heterocycles. The molecule has 2 atom stereocenters. The second-order valence-corrected chi connectivity index (χ2v) is 9.58. The molecule has 1 aliphatic rings. The molecule has 0 aromatic heterocycles.